The molecular weight excluding hydrogens is 432 g/mol. The number of sulfonamides is 1. The molecule has 10 heteroatoms. The molecule has 0 aliphatic rings. The summed E-state index contributed by atoms with van der Waals surface area (Å²) in [5.41, 5.74) is 2.61. The quantitative estimate of drug-likeness (QED) is 0.496. The Morgan fingerprint density at radius 3 is 2.44 bits per heavy atom. The Bertz CT molecular complexity index is 1140. The first-order chi connectivity index (χ1) is 15.2. The third kappa shape index (κ3) is 6.63. The summed E-state index contributed by atoms with van der Waals surface area (Å²) in [6, 6.07) is 14.7. The molecule has 0 bridgehead atoms. The zero-order valence-corrected chi connectivity index (χ0v) is 19.1. The number of carbonyl (C=O) groups is 1. The molecule has 1 heterocycles. The number of aromatic nitrogens is 2. The summed E-state index contributed by atoms with van der Waals surface area (Å²) in [5.74, 6) is 0.873. The van der Waals surface area contributed by atoms with Gasteiger partial charge in [0.05, 0.1) is 26.0 Å². The van der Waals surface area contributed by atoms with Crippen molar-refractivity contribution in [1.82, 2.24) is 19.8 Å². The Kier molecular flexibility index (Phi) is 7.60. The van der Waals surface area contributed by atoms with Crippen molar-refractivity contribution in [2.24, 2.45) is 0 Å². The van der Waals surface area contributed by atoms with Crippen molar-refractivity contribution in [1.29, 1.82) is 0 Å². The first kappa shape index (κ1) is 23.4. The monoisotopic (exact) mass is 458 g/mol. The molecule has 170 valence electrons. The van der Waals surface area contributed by atoms with Crippen LogP contribution in [0.2, 0.25) is 0 Å². The summed E-state index contributed by atoms with van der Waals surface area (Å²) < 4.78 is 36.0. The molecule has 0 saturated carbocycles. The number of nitrogens with one attached hydrogen (secondary N) is 1. The Balaban J connectivity index is 1.57. The third-order valence-corrected chi connectivity index (χ3v) is 5.79. The van der Waals surface area contributed by atoms with Crippen molar-refractivity contribution in [3.63, 3.8) is 0 Å². The molecule has 0 aliphatic heterocycles. The molecular formula is C22H26N4O5S. The second-order valence-corrected chi connectivity index (χ2v) is 9.24. The first-order valence-corrected chi connectivity index (χ1v) is 11.9. The SMILES string of the molecule is CCOc1ccc(-c2noc(CNC(=O)CN(Cc3ccc(C)cc3)S(C)(=O)=O)n2)cc1. The predicted octanol–water partition coefficient (Wildman–Crippen LogP) is 2.52. The molecule has 0 radical (unpaired) electrons. The molecule has 1 amide bonds. The average Bonchev–Trinajstić information content (AvgIpc) is 3.22. The Labute approximate surface area is 187 Å². The van der Waals surface area contributed by atoms with Gasteiger partial charge in [-0.15, -0.1) is 0 Å². The van der Waals surface area contributed by atoms with Crippen molar-refractivity contribution in [2.75, 3.05) is 19.4 Å². The Morgan fingerprint density at radius 2 is 1.81 bits per heavy atom. The fraction of sp³-hybridized carbons (Fsp3) is 0.318. The van der Waals surface area contributed by atoms with Crippen molar-refractivity contribution >= 4 is 15.9 Å². The van der Waals surface area contributed by atoms with E-state index in [9.17, 15) is 13.2 Å². The lowest BCUT2D eigenvalue weighted by molar-refractivity contribution is -0.121. The van der Waals surface area contributed by atoms with Crippen LogP contribution in [0.4, 0.5) is 0 Å². The van der Waals surface area contributed by atoms with Crippen LogP contribution in [0.15, 0.2) is 53.1 Å². The van der Waals surface area contributed by atoms with Gasteiger partial charge in [0.2, 0.25) is 27.6 Å². The summed E-state index contributed by atoms with van der Waals surface area (Å²) in [6.45, 7) is 4.22. The maximum Gasteiger partial charge on any atom is 0.246 e. The average molecular weight is 459 g/mol. The molecule has 0 aliphatic carbocycles. The lowest BCUT2D eigenvalue weighted by atomic mass is 10.1. The van der Waals surface area contributed by atoms with E-state index < -0.39 is 15.9 Å². The lowest BCUT2D eigenvalue weighted by Crippen LogP contribution is -2.39. The zero-order valence-electron chi connectivity index (χ0n) is 18.2. The van der Waals surface area contributed by atoms with Crippen molar-refractivity contribution in [3.8, 4) is 17.1 Å². The molecule has 0 unspecified atom stereocenters. The molecule has 0 atom stereocenters. The molecule has 3 aromatic rings. The van der Waals surface area contributed by atoms with Crippen molar-refractivity contribution < 1.29 is 22.5 Å². The number of benzene rings is 2. The lowest BCUT2D eigenvalue weighted by Gasteiger charge is -2.19. The summed E-state index contributed by atoms with van der Waals surface area (Å²) in [7, 11) is -3.58. The van der Waals surface area contributed by atoms with Crippen LogP contribution in [0.25, 0.3) is 11.4 Å². The highest BCUT2D eigenvalue weighted by Crippen LogP contribution is 2.20. The topological polar surface area (TPSA) is 115 Å². The molecule has 32 heavy (non-hydrogen) atoms. The Morgan fingerprint density at radius 1 is 1.12 bits per heavy atom. The van der Waals surface area contributed by atoms with Gasteiger partial charge in [-0.25, -0.2) is 8.42 Å². The molecule has 0 saturated heterocycles. The number of hydrogen-bond acceptors (Lipinski definition) is 7. The minimum atomic E-state index is -3.58. The van der Waals surface area contributed by atoms with Gasteiger partial charge < -0.3 is 14.6 Å². The van der Waals surface area contributed by atoms with Crippen LogP contribution < -0.4 is 10.1 Å². The summed E-state index contributed by atoms with van der Waals surface area (Å²) in [6.07, 6.45) is 1.08. The largest absolute Gasteiger partial charge is 0.494 e. The van der Waals surface area contributed by atoms with Gasteiger partial charge in [-0.2, -0.15) is 9.29 Å². The fourth-order valence-corrected chi connectivity index (χ4v) is 3.62. The number of rotatable bonds is 10. The highest BCUT2D eigenvalue weighted by atomic mass is 32.2. The van der Waals surface area contributed by atoms with Crippen LogP contribution in [-0.4, -0.2) is 48.2 Å². The van der Waals surface area contributed by atoms with Gasteiger partial charge in [-0.05, 0) is 43.7 Å². The van der Waals surface area contributed by atoms with E-state index in [1.165, 1.54) is 0 Å². The van der Waals surface area contributed by atoms with Gasteiger partial charge >= 0.3 is 0 Å². The summed E-state index contributed by atoms with van der Waals surface area (Å²) in [4.78, 5) is 16.6. The molecule has 1 N–H and O–H groups in total. The van der Waals surface area contributed by atoms with E-state index in [0.29, 0.717) is 12.4 Å². The van der Waals surface area contributed by atoms with Gasteiger partial charge in [0.1, 0.15) is 5.75 Å². The zero-order chi connectivity index (χ0) is 23.1. The van der Waals surface area contributed by atoms with Gasteiger partial charge in [0.25, 0.3) is 0 Å². The molecule has 0 fully saturated rings. The van der Waals surface area contributed by atoms with Crippen LogP contribution in [0.3, 0.4) is 0 Å². The molecule has 0 spiro atoms. The van der Waals surface area contributed by atoms with E-state index in [-0.39, 0.29) is 25.5 Å². The number of nitrogens with zero attached hydrogens (tertiary/aromatic N) is 3. The van der Waals surface area contributed by atoms with Gasteiger partial charge in [0, 0.05) is 12.1 Å². The van der Waals surface area contributed by atoms with Crippen molar-refractivity contribution in [2.45, 2.75) is 26.9 Å². The summed E-state index contributed by atoms with van der Waals surface area (Å²) in [5, 5.41) is 6.54. The minimum Gasteiger partial charge on any atom is -0.494 e. The van der Waals surface area contributed by atoms with Gasteiger partial charge in [-0.1, -0.05) is 35.0 Å². The van der Waals surface area contributed by atoms with Crippen LogP contribution in [0.5, 0.6) is 5.75 Å². The second kappa shape index (κ2) is 10.4. The number of amides is 1. The normalized spacial score (nSPS) is 11.5. The molecule has 1 aromatic heterocycles. The molecule has 3 rings (SSSR count). The standard InChI is InChI=1S/C22H26N4O5S/c1-4-30-19-11-9-18(10-12-19)22-24-21(31-25-22)13-23-20(27)15-26(32(3,28)29)14-17-7-5-16(2)6-8-17/h5-12H,4,13-15H2,1-3H3,(H,23,27). The van der Waals surface area contributed by atoms with E-state index in [0.717, 1.165) is 33.0 Å². The maximum absolute atomic E-state index is 12.4. The maximum atomic E-state index is 12.4. The number of hydrogen-bond donors (Lipinski definition) is 1. The van der Waals surface area contributed by atoms with Crippen molar-refractivity contribution in [3.05, 3.63) is 65.5 Å². The smallest absolute Gasteiger partial charge is 0.246 e. The second-order valence-electron chi connectivity index (χ2n) is 7.26. The van der Waals surface area contributed by atoms with E-state index in [1.807, 2.05) is 62.4 Å². The highest BCUT2D eigenvalue weighted by molar-refractivity contribution is 7.88. The van der Waals surface area contributed by atoms with E-state index >= 15 is 0 Å². The summed E-state index contributed by atoms with van der Waals surface area (Å²) >= 11 is 0. The van der Waals surface area contributed by atoms with Gasteiger partial charge in [-0.3, -0.25) is 4.79 Å². The molecule has 9 nitrogen and oxygen atoms in total. The first-order valence-electron chi connectivity index (χ1n) is 10.1. The van der Waals surface area contributed by atoms with Crippen LogP contribution >= 0.6 is 0 Å². The number of carbonyl (C=O) groups excluding carboxylic acids is 1. The predicted molar refractivity (Wildman–Crippen MR) is 119 cm³/mol. The van der Waals surface area contributed by atoms with E-state index in [4.69, 9.17) is 9.26 Å². The van der Waals surface area contributed by atoms with Crippen LogP contribution in [0, 0.1) is 6.92 Å². The van der Waals surface area contributed by atoms with E-state index in [2.05, 4.69) is 15.5 Å². The van der Waals surface area contributed by atoms with Gasteiger partial charge in [0.15, 0.2) is 0 Å². The van der Waals surface area contributed by atoms with E-state index in [1.54, 1.807) is 0 Å². The number of ether oxygens (including phenoxy) is 1. The molecule has 2 aromatic carbocycles. The Hall–Kier alpha value is -3.24. The fourth-order valence-electron chi connectivity index (χ4n) is 2.89. The number of aryl methyl sites for hydroxylation is 1. The highest BCUT2D eigenvalue weighted by Gasteiger charge is 2.21. The minimum absolute atomic E-state index is 0.00893. The third-order valence-electron chi connectivity index (χ3n) is 4.60. The van der Waals surface area contributed by atoms with Crippen LogP contribution in [0.1, 0.15) is 23.9 Å². The van der Waals surface area contributed by atoms with Crippen LogP contribution in [-0.2, 0) is 27.9 Å².